The van der Waals surface area contributed by atoms with Crippen LogP contribution in [0, 0.1) is 0 Å². The van der Waals surface area contributed by atoms with Crippen molar-refractivity contribution in [3.8, 4) is 0 Å². The summed E-state index contributed by atoms with van der Waals surface area (Å²) >= 11 is 0. The zero-order valence-electron chi connectivity index (χ0n) is 5.89. The van der Waals surface area contributed by atoms with Gasteiger partial charge in [0.25, 0.3) is 0 Å². The average molecular weight is 132 g/mol. The number of hydrogen-bond acceptors (Lipinski definition) is 2. The zero-order chi connectivity index (χ0) is 7.86. The predicted molar refractivity (Wildman–Crippen MR) is 34.6 cm³/mol. The third kappa shape index (κ3) is 192. The topological polar surface area (TPSA) is 72.2 Å². The maximum absolute atomic E-state index is 9.70. The van der Waals surface area contributed by atoms with Crippen molar-refractivity contribution < 1.29 is 9.59 Å². The van der Waals surface area contributed by atoms with Gasteiger partial charge in [0.05, 0.1) is 0 Å². The first-order valence-corrected chi connectivity index (χ1v) is 2.45. The SMILES string of the molecule is CC(N)=O.CNC(C)=O. The molecular weight excluding hydrogens is 120 g/mol. The Morgan fingerprint density at radius 1 is 1.33 bits per heavy atom. The molecule has 9 heavy (non-hydrogen) atoms. The summed E-state index contributed by atoms with van der Waals surface area (Å²) in [5, 5.41) is 2.39. The van der Waals surface area contributed by atoms with Gasteiger partial charge in [0, 0.05) is 20.9 Å². The highest BCUT2D eigenvalue weighted by atomic mass is 16.1. The zero-order valence-corrected chi connectivity index (χ0v) is 5.89. The van der Waals surface area contributed by atoms with Crippen LogP contribution in [0.1, 0.15) is 13.8 Å². The van der Waals surface area contributed by atoms with Crippen molar-refractivity contribution in [2.45, 2.75) is 13.8 Å². The Bertz CT molecular complexity index is 97.1. The second kappa shape index (κ2) is 6.94. The molecule has 0 aliphatic carbocycles. The molecule has 0 fully saturated rings. The Balaban J connectivity index is 0. The van der Waals surface area contributed by atoms with E-state index >= 15 is 0 Å². The van der Waals surface area contributed by atoms with Gasteiger partial charge in [0.2, 0.25) is 11.8 Å². The van der Waals surface area contributed by atoms with E-state index < -0.39 is 0 Å². The molecule has 0 bridgehead atoms. The molecule has 0 saturated carbocycles. The summed E-state index contributed by atoms with van der Waals surface area (Å²) in [5.74, 6) is -0.329. The van der Waals surface area contributed by atoms with Crippen LogP contribution in [-0.4, -0.2) is 18.9 Å². The van der Waals surface area contributed by atoms with E-state index in [4.69, 9.17) is 0 Å². The van der Waals surface area contributed by atoms with Gasteiger partial charge in [0.15, 0.2) is 0 Å². The summed E-state index contributed by atoms with van der Waals surface area (Å²) in [4.78, 5) is 18.9. The minimum absolute atomic E-state index is 0.00463. The molecule has 0 rings (SSSR count). The van der Waals surface area contributed by atoms with E-state index in [-0.39, 0.29) is 11.8 Å². The number of nitrogens with one attached hydrogen (secondary N) is 1. The fourth-order valence-corrected chi connectivity index (χ4v) is 0. The fraction of sp³-hybridized carbons (Fsp3) is 0.600. The van der Waals surface area contributed by atoms with Crippen LogP contribution in [0.3, 0.4) is 0 Å². The molecule has 2 amide bonds. The Labute approximate surface area is 54.4 Å². The molecule has 0 spiro atoms. The highest BCUT2D eigenvalue weighted by molar-refractivity contribution is 5.72. The number of primary amides is 1. The van der Waals surface area contributed by atoms with Gasteiger partial charge in [-0.3, -0.25) is 9.59 Å². The van der Waals surface area contributed by atoms with Gasteiger partial charge >= 0.3 is 0 Å². The minimum atomic E-state index is -0.333. The summed E-state index contributed by atoms with van der Waals surface area (Å²) in [6.45, 7) is 2.78. The largest absolute Gasteiger partial charge is 0.370 e. The monoisotopic (exact) mass is 132 g/mol. The normalized spacial score (nSPS) is 6.56. The lowest BCUT2D eigenvalue weighted by Gasteiger charge is -1.80. The highest BCUT2D eigenvalue weighted by Crippen LogP contribution is 1.45. The first-order valence-electron chi connectivity index (χ1n) is 2.45. The molecule has 0 radical (unpaired) electrons. The van der Waals surface area contributed by atoms with Crippen molar-refractivity contribution in [2.24, 2.45) is 5.73 Å². The highest BCUT2D eigenvalue weighted by Gasteiger charge is 1.72. The Hall–Kier alpha value is -1.06. The summed E-state index contributed by atoms with van der Waals surface area (Å²) in [6, 6.07) is 0. The maximum Gasteiger partial charge on any atom is 0.216 e. The Morgan fingerprint density at radius 3 is 1.44 bits per heavy atom. The average Bonchev–Trinajstić information content (AvgIpc) is 1.65. The first-order chi connectivity index (χ1) is 4.00. The van der Waals surface area contributed by atoms with Crippen LogP contribution >= 0.6 is 0 Å². The van der Waals surface area contributed by atoms with Crippen molar-refractivity contribution in [3.05, 3.63) is 0 Å². The van der Waals surface area contributed by atoms with Crippen molar-refractivity contribution in [3.63, 3.8) is 0 Å². The van der Waals surface area contributed by atoms with E-state index in [9.17, 15) is 9.59 Å². The van der Waals surface area contributed by atoms with Crippen LogP contribution in [0.5, 0.6) is 0 Å². The van der Waals surface area contributed by atoms with Crippen LogP contribution in [0.25, 0.3) is 0 Å². The molecule has 0 aromatic carbocycles. The molecule has 3 N–H and O–H groups in total. The molecule has 4 nitrogen and oxygen atoms in total. The summed E-state index contributed by atoms with van der Waals surface area (Å²) in [6.07, 6.45) is 0. The molecule has 54 valence electrons. The molecule has 0 atom stereocenters. The van der Waals surface area contributed by atoms with Crippen LogP contribution in [0.2, 0.25) is 0 Å². The lowest BCUT2D eigenvalue weighted by Crippen LogP contribution is -2.11. The second-order valence-electron chi connectivity index (χ2n) is 1.42. The van der Waals surface area contributed by atoms with Crippen LogP contribution in [-0.2, 0) is 9.59 Å². The standard InChI is InChI=1S/C3H7NO.C2H5NO/c1-3(5)4-2;1-2(3)4/h1-2H3,(H,4,5);1H3,(H2,3,4). The minimum Gasteiger partial charge on any atom is -0.370 e. The summed E-state index contributed by atoms with van der Waals surface area (Å²) in [5.41, 5.74) is 4.47. The molecule has 0 aromatic rings. The van der Waals surface area contributed by atoms with Gasteiger partial charge in [-0.05, 0) is 0 Å². The lowest BCUT2D eigenvalue weighted by molar-refractivity contribution is -0.118. The number of amides is 2. The van der Waals surface area contributed by atoms with Crippen LogP contribution < -0.4 is 11.1 Å². The van der Waals surface area contributed by atoms with Crippen molar-refractivity contribution >= 4 is 11.8 Å². The lowest BCUT2D eigenvalue weighted by atomic mass is 10.7. The Kier molecular flexibility index (Phi) is 8.36. The molecular formula is C5H12N2O2. The van der Waals surface area contributed by atoms with E-state index in [1.54, 1.807) is 7.05 Å². The van der Waals surface area contributed by atoms with Crippen molar-refractivity contribution in [1.82, 2.24) is 5.32 Å². The van der Waals surface area contributed by atoms with Gasteiger partial charge in [-0.25, -0.2) is 0 Å². The summed E-state index contributed by atoms with van der Waals surface area (Å²) in [7, 11) is 1.60. The maximum atomic E-state index is 9.70. The van der Waals surface area contributed by atoms with Gasteiger partial charge in [0.1, 0.15) is 0 Å². The van der Waals surface area contributed by atoms with Crippen molar-refractivity contribution in [1.29, 1.82) is 0 Å². The van der Waals surface area contributed by atoms with E-state index in [0.29, 0.717) is 0 Å². The molecule has 4 heteroatoms. The van der Waals surface area contributed by atoms with Crippen LogP contribution in [0.15, 0.2) is 0 Å². The summed E-state index contributed by atoms with van der Waals surface area (Å²) < 4.78 is 0. The molecule has 0 aromatic heterocycles. The Morgan fingerprint density at radius 2 is 1.44 bits per heavy atom. The van der Waals surface area contributed by atoms with Gasteiger partial charge < -0.3 is 11.1 Å². The second-order valence-corrected chi connectivity index (χ2v) is 1.42. The predicted octanol–water partition coefficient (Wildman–Crippen LogP) is -0.756. The van der Waals surface area contributed by atoms with Gasteiger partial charge in [-0.2, -0.15) is 0 Å². The third-order valence-electron chi connectivity index (χ3n) is 0.352. The van der Waals surface area contributed by atoms with E-state index in [0.717, 1.165) is 0 Å². The van der Waals surface area contributed by atoms with Gasteiger partial charge in [-0.15, -0.1) is 0 Å². The number of rotatable bonds is 0. The molecule has 0 saturated heterocycles. The van der Waals surface area contributed by atoms with E-state index in [2.05, 4.69) is 11.1 Å². The van der Waals surface area contributed by atoms with Crippen LogP contribution in [0.4, 0.5) is 0 Å². The number of carbonyl (C=O) groups excluding carboxylic acids is 2. The fourth-order valence-electron chi connectivity index (χ4n) is 0. The molecule has 0 heterocycles. The first kappa shape index (κ1) is 10.8. The number of hydrogen-bond donors (Lipinski definition) is 2. The molecule has 0 unspecified atom stereocenters. The van der Waals surface area contributed by atoms with Crippen molar-refractivity contribution in [2.75, 3.05) is 7.05 Å². The number of carbonyl (C=O) groups is 2. The third-order valence-corrected chi connectivity index (χ3v) is 0.352. The smallest absolute Gasteiger partial charge is 0.216 e. The van der Waals surface area contributed by atoms with Gasteiger partial charge in [-0.1, -0.05) is 0 Å². The number of nitrogens with two attached hydrogens (primary N) is 1. The van der Waals surface area contributed by atoms with E-state index in [1.807, 2.05) is 0 Å². The molecule has 0 aliphatic rings. The molecule has 0 aliphatic heterocycles. The van der Waals surface area contributed by atoms with E-state index in [1.165, 1.54) is 13.8 Å². The quantitative estimate of drug-likeness (QED) is 0.455.